The topological polar surface area (TPSA) is 75.6 Å². The number of H-pyrrole nitrogens is 1. The van der Waals surface area contributed by atoms with E-state index in [-0.39, 0.29) is 11.9 Å². The number of rotatable bonds is 5. The van der Waals surface area contributed by atoms with Crippen molar-refractivity contribution in [3.8, 4) is 11.3 Å². The van der Waals surface area contributed by atoms with Crippen molar-refractivity contribution in [2.75, 3.05) is 0 Å². The molecular formula is C25H23N5O. The van der Waals surface area contributed by atoms with Crippen LogP contribution in [0.4, 0.5) is 0 Å². The van der Waals surface area contributed by atoms with E-state index in [9.17, 15) is 4.79 Å². The molecule has 0 aliphatic heterocycles. The van der Waals surface area contributed by atoms with Gasteiger partial charge in [-0.2, -0.15) is 0 Å². The molecule has 0 aliphatic carbocycles. The minimum Gasteiger partial charge on any atom is -0.350 e. The molecule has 5 rings (SSSR count). The van der Waals surface area contributed by atoms with Crippen molar-refractivity contribution < 1.29 is 4.79 Å². The summed E-state index contributed by atoms with van der Waals surface area (Å²) in [6, 6.07) is 22.0. The molecule has 0 unspecified atom stereocenters. The lowest BCUT2D eigenvalue weighted by molar-refractivity contribution is 0.0943. The van der Waals surface area contributed by atoms with Crippen LogP contribution in [0, 0.1) is 0 Å². The van der Waals surface area contributed by atoms with Crippen molar-refractivity contribution >= 4 is 28.0 Å². The van der Waals surface area contributed by atoms with Crippen molar-refractivity contribution in [3.05, 3.63) is 84.1 Å². The molecule has 0 radical (unpaired) electrons. The molecular weight excluding hydrogens is 386 g/mol. The standard InChI is InChI=1S/C25H23N5O/c1-16(2)27-25(31)19-8-6-18(7-9-19)22-11-12-23-24(28-22)30(29-23)15-17-5-10-21-20(14-17)4-3-13-26-21/h3-14,16,29H,15H2,1-2H3,(H,27,31). The smallest absolute Gasteiger partial charge is 0.251 e. The molecule has 1 amide bonds. The van der Waals surface area contributed by atoms with E-state index in [1.165, 1.54) is 5.56 Å². The van der Waals surface area contributed by atoms with Crippen molar-refractivity contribution in [2.24, 2.45) is 0 Å². The van der Waals surface area contributed by atoms with Gasteiger partial charge in [-0.05, 0) is 61.9 Å². The quantitative estimate of drug-likeness (QED) is 0.439. The third-order valence-electron chi connectivity index (χ3n) is 5.26. The molecule has 0 atom stereocenters. The highest BCUT2D eigenvalue weighted by atomic mass is 16.1. The van der Waals surface area contributed by atoms with Gasteiger partial charge in [-0.15, -0.1) is 0 Å². The summed E-state index contributed by atoms with van der Waals surface area (Å²) in [5, 5.41) is 7.38. The van der Waals surface area contributed by atoms with Crippen LogP contribution in [0.1, 0.15) is 29.8 Å². The van der Waals surface area contributed by atoms with Crippen LogP contribution in [0.3, 0.4) is 0 Å². The van der Waals surface area contributed by atoms with Crippen LogP contribution in [0.25, 0.3) is 33.3 Å². The Bertz CT molecular complexity index is 1380. The fourth-order valence-electron chi connectivity index (χ4n) is 3.71. The van der Waals surface area contributed by atoms with Gasteiger partial charge in [0.05, 0.1) is 23.3 Å². The van der Waals surface area contributed by atoms with Crippen LogP contribution < -0.4 is 5.32 Å². The number of carbonyl (C=O) groups excluding carboxylic acids is 1. The molecule has 0 aliphatic rings. The Morgan fingerprint density at radius 2 is 1.90 bits per heavy atom. The number of aromatic amines is 1. The second-order valence-electron chi connectivity index (χ2n) is 8.00. The summed E-state index contributed by atoms with van der Waals surface area (Å²) in [5.74, 6) is -0.0624. The lowest BCUT2D eigenvalue weighted by atomic mass is 10.1. The summed E-state index contributed by atoms with van der Waals surface area (Å²) in [7, 11) is 0. The molecule has 154 valence electrons. The van der Waals surface area contributed by atoms with E-state index in [4.69, 9.17) is 4.98 Å². The number of nitrogens with zero attached hydrogens (tertiary/aromatic N) is 3. The molecule has 0 spiro atoms. The second kappa shape index (κ2) is 7.72. The summed E-state index contributed by atoms with van der Waals surface area (Å²) in [5.41, 5.74) is 6.62. The maximum absolute atomic E-state index is 12.2. The summed E-state index contributed by atoms with van der Waals surface area (Å²) >= 11 is 0. The minimum absolute atomic E-state index is 0.0624. The predicted molar refractivity (Wildman–Crippen MR) is 123 cm³/mol. The molecule has 0 saturated heterocycles. The fourth-order valence-corrected chi connectivity index (χ4v) is 3.71. The van der Waals surface area contributed by atoms with Gasteiger partial charge >= 0.3 is 0 Å². The number of benzene rings is 2. The molecule has 2 N–H and O–H groups in total. The van der Waals surface area contributed by atoms with Crippen LogP contribution in [0.2, 0.25) is 0 Å². The SMILES string of the molecule is CC(C)NC(=O)c1ccc(-c2ccc3[nH]n(Cc4ccc5ncccc5c4)c3n2)cc1. The molecule has 0 fully saturated rings. The Morgan fingerprint density at radius 3 is 2.71 bits per heavy atom. The highest BCUT2D eigenvalue weighted by Crippen LogP contribution is 2.23. The monoisotopic (exact) mass is 409 g/mol. The highest BCUT2D eigenvalue weighted by molar-refractivity contribution is 5.94. The minimum atomic E-state index is -0.0624. The van der Waals surface area contributed by atoms with Crippen molar-refractivity contribution in [1.29, 1.82) is 0 Å². The summed E-state index contributed by atoms with van der Waals surface area (Å²) < 4.78 is 2.04. The van der Waals surface area contributed by atoms with Gasteiger partial charge in [0.1, 0.15) is 0 Å². The maximum Gasteiger partial charge on any atom is 0.251 e. The van der Waals surface area contributed by atoms with Gasteiger partial charge in [-0.1, -0.05) is 24.3 Å². The van der Waals surface area contributed by atoms with Crippen LogP contribution in [-0.2, 0) is 6.54 Å². The van der Waals surface area contributed by atoms with Gasteiger partial charge in [-0.25, -0.2) is 4.98 Å². The van der Waals surface area contributed by atoms with Crippen LogP contribution in [-0.4, -0.2) is 31.7 Å². The molecule has 0 saturated carbocycles. The summed E-state index contributed by atoms with van der Waals surface area (Å²) in [6.07, 6.45) is 1.81. The van der Waals surface area contributed by atoms with Crippen molar-refractivity contribution in [3.63, 3.8) is 0 Å². The van der Waals surface area contributed by atoms with Gasteiger partial charge in [0.2, 0.25) is 0 Å². The highest BCUT2D eigenvalue weighted by Gasteiger charge is 2.12. The maximum atomic E-state index is 12.2. The first kappa shape index (κ1) is 19.1. The van der Waals surface area contributed by atoms with Crippen LogP contribution >= 0.6 is 0 Å². The van der Waals surface area contributed by atoms with Gasteiger partial charge in [0, 0.05) is 28.8 Å². The van der Waals surface area contributed by atoms with Gasteiger partial charge in [0.25, 0.3) is 5.91 Å². The number of hydrogen-bond acceptors (Lipinski definition) is 3. The lowest BCUT2D eigenvalue weighted by Crippen LogP contribution is -2.29. The zero-order valence-corrected chi connectivity index (χ0v) is 17.5. The van der Waals surface area contributed by atoms with E-state index in [0.29, 0.717) is 12.1 Å². The first-order valence-electron chi connectivity index (χ1n) is 10.4. The number of nitrogens with one attached hydrogen (secondary N) is 2. The number of amides is 1. The average molecular weight is 409 g/mol. The van der Waals surface area contributed by atoms with E-state index in [1.807, 2.05) is 73.3 Å². The zero-order chi connectivity index (χ0) is 21.4. The molecule has 3 heterocycles. The molecule has 0 bridgehead atoms. The first-order valence-corrected chi connectivity index (χ1v) is 10.4. The number of carbonyl (C=O) groups is 1. The average Bonchev–Trinajstić information content (AvgIpc) is 2.77. The van der Waals surface area contributed by atoms with Gasteiger partial charge < -0.3 is 5.32 Å². The van der Waals surface area contributed by atoms with Gasteiger partial charge in [0.15, 0.2) is 5.65 Å². The van der Waals surface area contributed by atoms with E-state index in [2.05, 4.69) is 33.6 Å². The molecule has 5 aromatic rings. The fraction of sp³-hybridized carbons (Fsp3) is 0.160. The number of hydrogen-bond donors (Lipinski definition) is 2. The van der Waals surface area contributed by atoms with E-state index >= 15 is 0 Å². The number of pyridine rings is 2. The van der Waals surface area contributed by atoms with Gasteiger partial charge in [-0.3, -0.25) is 19.6 Å². The molecule has 31 heavy (non-hydrogen) atoms. The normalized spacial score (nSPS) is 11.5. The molecule has 6 heteroatoms. The number of aromatic nitrogens is 4. The molecule has 2 aromatic carbocycles. The second-order valence-corrected chi connectivity index (χ2v) is 8.00. The Hall–Kier alpha value is -3.93. The van der Waals surface area contributed by atoms with Crippen molar-refractivity contribution in [2.45, 2.75) is 26.4 Å². The summed E-state index contributed by atoms with van der Waals surface area (Å²) in [6.45, 7) is 4.61. The Kier molecular flexibility index (Phi) is 4.75. The Balaban J connectivity index is 1.39. The van der Waals surface area contributed by atoms with E-state index in [0.717, 1.165) is 33.3 Å². The molecule has 6 nitrogen and oxygen atoms in total. The predicted octanol–water partition coefficient (Wildman–Crippen LogP) is 4.77. The lowest BCUT2D eigenvalue weighted by Gasteiger charge is -2.17. The first-order chi connectivity index (χ1) is 15.1. The van der Waals surface area contributed by atoms with Crippen LogP contribution in [0.15, 0.2) is 72.9 Å². The third kappa shape index (κ3) is 3.80. The third-order valence-corrected chi connectivity index (χ3v) is 5.26. The number of fused-ring (bicyclic) bond motifs is 2. The molecule has 3 aromatic heterocycles. The Labute approximate surface area is 179 Å². The van der Waals surface area contributed by atoms with Crippen LogP contribution in [0.5, 0.6) is 0 Å². The summed E-state index contributed by atoms with van der Waals surface area (Å²) in [4.78, 5) is 21.4. The van der Waals surface area contributed by atoms with E-state index in [1.54, 1.807) is 0 Å². The largest absolute Gasteiger partial charge is 0.350 e. The van der Waals surface area contributed by atoms with Crippen molar-refractivity contribution in [1.82, 2.24) is 25.1 Å². The zero-order valence-electron chi connectivity index (χ0n) is 17.5. The Morgan fingerprint density at radius 1 is 1.06 bits per heavy atom. The van der Waals surface area contributed by atoms with E-state index < -0.39 is 0 Å².